The molecule has 0 aromatic heterocycles. The van der Waals surface area contributed by atoms with Crippen LogP contribution in [0, 0.1) is 17.8 Å². The van der Waals surface area contributed by atoms with Crippen molar-refractivity contribution in [3.05, 3.63) is 23.3 Å². The van der Waals surface area contributed by atoms with Gasteiger partial charge in [0.25, 0.3) is 0 Å². The van der Waals surface area contributed by atoms with Crippen LogP contribution in [0.3, 0.4) is 0 Å². The lowest BCUT2D eigenvalue weighted by Crippen LogP contribution is -2.62. The van der Waals surface area contributed by atoms with Crippen molar-refractivity contribution in [3.63, 3.8) is 0 Å². The molecule has 32 heavy (non-hydrogen) atoms. The maximum absolute atomic E-state index is 13.8. The highest BCUT2D eigenvalue weighted by Crippen LogP contribution is 2.68. The molecule has 1 N–H and O–H groups in total. The van der Waals surface area contributed by atoms with E-state index in [1.165, 1.54) is 5.56 Å². The first-order chi connectivity index (χ1) is 15.3. The number of likely N-dealkylation sites (N-methyl/N-ethyl adjacent to an activating group) is 1. The number of fused-ring (bicyclic) bond motifs is 3. The lowest BCUT2D eigenvalue weighted by atomic mass is 9.55. The van der Waals surface area contributed by atoms with Crippen LogP contribution in [-0.4, -0.2) is 55.2 Å². The van der Waals surface area contributed by atoms with Crippen LogP contribution >= 0.6 is 0 Å². The Hall–Kier alpha value is -2.12. The second kappa shape index (κ2) is 6.70. The number of nitrogens with zero attached hydrogens (tertiary/aromatic N) is 1. The summed E-state index contributed by atoms with van der Waals surface area (Å²) < 4.78 is 17.1. The van der Waals surface area contributed by atoms with E-state index in [2.05, 4.69) is 43.2 Å². The van der Waals surface area contributed by atoms with Gasteiger partial charge in [-0.05, 0) is 62.5 Å². The number of esters is 1. The van der Waals surface area contributed by atoms with Gasteiger partial charge in [0.05, 0.1) is 12.5 Å². The second-order valence-corrected chi connectivity index (χ2v) is 10.7. The number of nitrogens with one attached hydrogen (secondary N) is 1. The van der Waals surface area contributed by atoms with E-state index in [9.17, 15) is 9.59 Å². The smallest absolute Gasteiger partial charge is 0.327 e. The molecule has 0 unspecified atom stereocenters. The number of ketones is 1. The summed E-state index contributed by atoms with van der Waals surface area (Å²) in [5, 5.41) is 3.74. The van der Waals surface area contributed by atoms with Gasteiger partial charge in [0.1, 0.15) is 11.3 Å². The summed E-state index contributed by atoms with van der Waals surface area (Å²) in [6.07, 6.45) is 2.04. The van der Waals surface area contributed by atoms with Gasteiger partial charge >= 0.3 is 5.97 Å². The molecular formula is C25H32N2O5. The lowest BCUT2D eigenvalue weighted by molar-refractivity contribution is -0.158. The van der Waals surface area contributed by atoms with Gasteiger partial charge in [-0.25, -0.2) is 0 Å². The molecule has 3 fully saturated rings. The summed E-state index contributed by atoms with van der Waals surface area (Å²) >= 11 is 0. The molecule has 1 aromatic carbocycles. The molecular weight excluding hydrogens is 408 g/mol. The highest BCUT2D eigenvalue weighted by molar-refractivity contribution is 5.95. The van der Waals surface area contributed by atoms with E-state index in [4.69, 9.17) is 14.2 Å². The number of benzene rings is 1. The van der Waals surface area contributed by atoms with Gasteiger partial charge in [0.2, 0.25) is 6.79 Å². The Balaban J connectivity index is 1.58. The van der Waals surface area contributed by atoms with Gasteiger partial charge in [-0.3, -0.25) is 14.9 Å². The molecule has 0 amide bonds. The molecule has 6 atom stereocenters. The van der Waals surface area contributed by atoms with Crippen LogP contribution in [0.2, 0.25) is 0 Å². The standard InChI is InChI=1S/C25H32N2O5/c1-5-30-23(29)25(11-13(2)3)20-16(28)10-19-24(6-7-27(19)4)15-9-18-17(31-12-32-18)8-14(15)22(26-25)21(20)24/h8-9,13,19-22,26H,5-7,10-12H2,1-4H3/t19-,20-,21+,22+,24+,25+/m1/s1. The van der Waals surface area contributed by atoms with Gasteiger partial charge < -0.3 is 19.1 Å². The maximum atomic E-state index is 13.8. The van der Waals surface area contributed by atoms with E-state index >= 15 is 0 Å². The Kier molecular flexibility index (Phi) is 4.29. The van der Waals surface area contributed by atoms with Crippen LogP contribution in [0.4, 0.5) is 0 Å². The monoisotopic (exact) mass is 440 g/mol. The average molecular weight is 441 g/mol. The van der Waals surface area contributed by atoms with E-state index in [1.807, 2.05) is 6.92 Å². The molecule has 3 heterocycles. The maximum Gasteiger partial charge on any atom is 0.327 e. The minimum atomic E-state index is -0.982. The summed E-state index contributed by atoms with van der Waals surface area (Å²) in [4.78, 5) is 29.7. The third kappa shape index (κ3) is 2.34. The lowest BCUT2D eigenvalue weighted by Gasteiger charge is -2.48. The highest BCUT2D eigenvalue weighted by Gasteiger charge is 2.74. The highest BCUT2D eigenvalue weighted by atomic mass is 16.7. The quantitative estimate of drug-likeness (QED) is 0.721. The minimum Gasteiger partial charge on any atom is -0.465 e. The molecule has 1 saturated carbocycles. The van der Waals surface area contributed by atoms with Crippen molar-refractivity contribution in [2.75, 3.05) is 27.0 Å². The van der Waals surface area contributed by atoms with Crippen molar-refractivity contribution in [3.8, 4) is 11.5 Å². The molecule has 172 valence electrons. The van der Waals surface area contributed by atoms with Gasteiger partial charge in [-0.15, -0.1) is 0 Å². The van der Waals surface area contributed by atoms with Gasteiger partial charge in [0.15, 0.2) is 11.5 Å². The molecule has 1 spiro atoms. The van der Waals surface area contributed by atoms with Gasteiger partial charge in [0, 0.05) is 29.8 Å². The van der Waals surface area contributed by atoms with E-state index < -0.39 is 5.54 Å². The zero-order valence-corrected chi connectivity index (χ0v) is 19.3. The molecule has 7 nitrogen and oxygen atoms in total. The number of Topliss-reactive ketones (excluding diaryl/α,β-unsaturated/α-hetero) is 1. The third-order valence-corrected chi connectivity index (χ3v) is 8.75. The van der Waals surface area contributed by atoms with Crippen molar-refractivity contribution in [2.45, 2.75) is 63.1 Å². The topological polar surface area (TPSA) is 77.1 Å². The third-order valence-electron chi connectivity index (χ3n) is 8.75. The van der Waals surface area contributed by atoms with E-state index in [1.54, 1.807) is 0 Å². The summed E-state index contributed by atoms with van der Waals surface area (Å²) in [5.41, 5.74) is 1.28. The predicted molar refractivity (Wildman–Crippen MR) is 117 cm³/mol. The normalized spacial score (nSPS) is 38.7. The Morgan fingerprint density at radius 2 is 2.06 bits per heavy atom. The van der Waals surface area contributed by atoms with Crippen LogP contribution in [-0.2, 0) is 19.7 Å². The summed E-state index contributed by atoms with van der Waals surface area (Å²) in [5.74, 6) is 1.35. The Labute approximate surface area is 188 Å². The van der Waals surface area contributed by atoms with Crippen molar-refractivity contribution >= 4 is 11.8 Å². The molecule has 0 radical (unpaired) electrons. The van der Waals surface area contributed by atoms with Crippen molar-refractivity contribution in [1.82, 2.24) is 10.2 Å². The van der Waals surface area contributed by atoms with Crippen molar-refractivity contribution < 1.29 is 23.8 Å². The number of likely N-dealkylation sites (tertiary alicyclic amines) is 1. The van der Waals surface area contributed by atoms with Gasteiger partial charge in [-0.2, -0.15) is 0 Å². The number of carbonyl (C=O) groups is 2. The van der Waals surface area contributed by atoms with Crippen LogP contribution in [0.5, 0.6) is 11.5 Å². The number of ether oxygens (including phenoxy) is 3. The summed E-state index contributed by atoms with van der Waals surface area (Å²) in [7, 11) is 2.13. The fourth-order valence-electron chi connectivity index (χ4n) is 7.89. The zero-order valence-electron chi connectivity index (χ0n) is 19.3. The molecule has 6 rings (SSSR count). The van der Waals surface area contributed by atoms with E-state index in [-0.39, 0.29) is 53.8 Å². The van der Waals surface area contributed by atoms with Crippen molar-refractivity contribution in [2.24, 2.45) is 17.8 Å². The largest absolute Gasteiger partial charge is 0.465 e. The van der Waals surface area contributed by atoms with Gasteiger partial charge in [-0.1, -0.05) is 13.8 Å². The number of rotatable bonds is 4. The summed E-state index contributed by atoms with van der Waals surface area (Å²) in [6, 6.07) is 4.31. The Morgan fingerprint density at radius 1 is 1.31 bits per heavy atom. The molecule has 2 saturated heterocycles. The zero-order chi connectivity index (χ0) is 22.4. The number of hydrogen-bond acceptors (Lipinski definition) is 7. The molecule has 1 aromatic rings. The van der Waals surface area contributed by atoms with Crippen LogP contribution < -0.4 is 14.8 Å². The van der Waals surface area contributed by atoms with Crippen molar-refractivity contribution in [1.29, 1.82) is 0 Å². The second-order valence-electron chi connectivity index (χ2n) is 10.7. The first-order valence-corrected chi connectivity index (χ1v) is 12.0. The minimum absolute atomic E-state index is 0.0272. The fourth-order valence-corrected chi connectivity index (χ4v) is 7.89. The fraction of sp³-hybridized carbons (Fsp3) is 0.680. The predicted octanol–water partition coefficient (Wildman–Crippen LogP) is 2.57. The van der Waals surface area contributed by atoms with Crippen LogP contribution in [0.25, 0.3) is 0 Å². The molecule has 2 aliphatic carbocycles. The SMILES string of the molecule is CCOC(=O)[C@@]1(CC(C)C)N[C@H]2c3cc4c(cc3[C@@]35CCN(C)[C@@H]3CC(=O)[C@@H]1[C@@H]25)OCO4. The van der Waals surface area contributed by atoms with Crippen LogP contribution in [0.1, 0.15) is 57.2 Å². The number of carbonyl (C=O) groups excluding carboxylic acids is 2. The van der Waals surface area contributed by atoms with Crippen LogP contribution in [0.15, 0.2) is 12.1 Å². The molecule has 0 bridgehead atoms. The number of hydrogen-bond donors (Lipinski definition) is 1. The molecule has 5 aliphatic rings. The molecule has 3 aliphatic heterocycles. The first-order valence-electron chi connectivity index (χ1n) is 12.0. The van der Waals surface area contributed by atoms with E-state index in [0.29, 0.717) is 19.4 Å². The molecule has 7 heteroatoms. The Morgan fingerprint density at radius 3 is 2.78 bits per heavy atom. The average Bonchev–Trinajstić information content (AvgIpc) is 3.47. The van der Waals surface area contributed by atoms with E-state index in [0.717, 1.165) is 30.0 Å². The first kappa shape index (κ1) is 20.5. The summed E-state index contributed by atoms with van der Waals surface area (Å²) in [6.45, 7) is 7.53. The Bertz CT molecular complexity index is 1010.